The van der Waals surface area contributed by atoms with Crippen LogP contribution in [0.2, 0.25) is 0 Å². The quantitative estimate of drug-likeness (QED) is 0.481. The first-order valence-corrected chi connectivity index (χ1v) is 4.23. The maximum Gasteiger partial charge on any atom is -0.0100 e. The number of hydrogen-bond donors (Lipinski definition) is 0. The van der Waals surface area contributed by atoms with Crippen LogP contribution in [-0.2, 0) is 6.42 Å². The topological polar surface area (TPSA) is 0 Å². The van der Waals surface area contributed by atoms with Gasteiger partial charge in [0.15, 0.2) is 0 Å². The van der Waals surface area contributed by atoms with Gasteiger partial charge in [-0.1, -0.05) is 61.7 Å². The molecule has 0 aliphatic heterocycles. The highest BCUT2D eigenvalue weighted by Crippen LogP contribution is 1.98. The van der Waals surface area contributed by atoms with Crippen LogP contribution in [0.5, 0.6) is 0 Å². The van der Waals surface area contributed by atoms with Crippen molar-refractivity contribution in [3.05, 3.63) is 73.9 Å². The Morgan fingerprint density at radius 1 is 0.923 bits per heavy atom. The Balaban J connectivity index is 0.000000310. The van der Waals surface area contributed by atoms with Gasteiger partial charge in [0, 0.05) is 0 Å². The van der Waals surface area contributed by atoms with E-state index in [4.69, 9.17) is 0 Å². The number of allylic oxidation sites excluding steroid dienone is 3. The smallest absolute Gasteiger partial charge is 0.0100 e. The van der Waals surface area contributed by atoms with E-state index in [1.54, 1.807) is 12.2 Å². The number of benzene rings is 1. The molecule has 68 valence electrons. The summed E-state index contributed by atoms with van der Waals surface area (Å²) < 4.78 is 0. The SMILES string of the molecule is C=CC=C.C=CCc1ccccc1. The van der Waals surface area contributed by atoms with Crippen LogP contribution in [0.25, 0.3) is 0 Å². The summed E-state index contributed by atoms with van der Waals surface area (Å²) in [6, 6.07) is 10.3. The molecule has 0 saturated carbocycles. The monoisotopic (exact) mass is 172 g/mol. The van der Waals surface area contributed by atoms with Gasteiger partial charge in [-0.3, -0.25) is 0 Å². The molecule has 0 atom stereocenters. The lowest BCUT2D eigenvalue weighted by molar-refractivity contribution is 1.28. The third kappa shape index (κ3) is 6.82. The first-order valence-electron chi connectivity index (χ1n) is 4.23. The predicted molar refractivity (Wildman–Crippen MR) is 60.7 cm³/mol. The first-order chi connectivity index (χ1) is 6.35. The van der Waals surface area contributed by atoms with Gasteiger partial charge in [-0.15, -0.1) is 6.58 Å². The summed E-state index contributed by atoms with van der Waals surface area (Å²) in [6.07, 6.45) is 6.16. The largest absolute Gasteiger partial charge is 0.103 e. The molecule has 0 N–H and O–H groups in total. The average molecular weight is 172 g/mol. The zero-order chi connectivity index (χ0) is 9.94. The van der Waals surface area contributed by atoms with E-state index in [-0.39, 0.29) is 0 Å². The van der Waals surface area contributed by atoms with Crippen LogP contribution in [0.3, 0.4) is 0 Å². The normalized spacial score (nSPS) is 7.69. The summed E-state index contributed by atoms with van der Waals surface area (Å²) >= 11 is 0. The van der Waals surface area contributed by atoms with E-state index in [0.29, 0.717) is 0 Å². The van der Waals surface area contributed by atoms with E-state index in [2.05, 4.69) is 31.9 Å². The maximum atomic E-state index is 3.66. The second-order valence-electron chi connectivity index (χ2n) is 2.45. The standard InChI is InChI=1S/C9H10.C4H6/c1-2-6-9-7-4-3-5-8-9;1-3-4-2/h2-5,7-8H,1,6H2;3-4H,1-2H2. The van der Waals surface area contributed by atoms with Gasteiger partial charge in [-0.25, -0.2) is 0 Å². The Morgan fingerprint density at radius 3 is 1.85 bits per heavy atom. The third-order valence-corrected chi connectivity index (χ3v) is 1.39. The van der Waals surface area contributed by atoms with Gasteiger partial charge in [0.2, 0.25) is 0 Å². The van der Waals surface area contributed by atoms with E-state index in [1.807, 2.05) is 24.3 Å². The highest BCUT2D eigenvalue weighted by Gasteiger charge is 1.82. The second kappa shape index (κ2) is 8.54. The highest BCUT2D eigenvalue weighted by molar-refractivity contribution is 5.16. The van der Waals surface area contributed by atoms with Gasteiger partial charge in [0.25, 0.3) is 0 Å². The first kappa shape index (κ1) is 11.4. The van der Waals surface area contributed by atoms with Gasteiger partial charge in [-0.05, 0) is 12.0 Å². The molecule has 1 rings (SSSR count). The lowest BCUT2D eigenvalue weighted by Gasteiger charge is -1.91. The fraction of sp³-hybridized carbons (Fsp3) is 0.0769. The van der Waals surface area contributed by atoms with Gasteiger partial charge < -0.3 is 0 Å². The highest BCUT2D eigenvalue weighted by atomic mass is 13.9. The Hall–Kier alpha value is -1.56. The average Bonchev–Trinajstić information content (AvgIpc) is 2.20. The molecule has 0 heterocycles. The molecule has 0 amide bonds. The fourth-order valence-electron chi connectivity index (χ4n) is 0.781. The van der Waals surface area contributed by atoms with E-state index < -0.39 is 0 Å². The zero-order valence-corrected chi connectivity index (χ0v) is 7.95. The Kier molecular flexibility index (Phi) is 7.51. The van der Waals surface area contributed by atoms with Crippen LogP contribution >= 0.6 is 0 Å². The van der Waals surface area contributed by atoms with Crippen LogP contribution in [0.4, 0.5) is 0 Å². The minimum absolute atomic E-state index is 0.973. The summed E-state index contributed by atoms with van der Waals surface area (Å²) in [7, 11) is 0. The maximum absolute atomic E-state index is 3.66. The molecule has 0 aliphatic rings. The molecule has 0 bridgehead atoms. The molecule has 0 spiro atoms. The molecule has 0 saturated heterocycles. The van der Waals surface area contributed by atoms with Crippen molar-refractivity contribution in [2.24, 2.45) is 0 Å². The Labute approximate surface area is 80.9 Å². The van der Waals surface area contributed by atoms with Crippen molar-refractivity contribution in [1.82, 2.24) is 0 Å². The molecular formula is C13H16. The fourth-order valence-corrected chi connectivity index (χ4v) is 0.781. The molecule has 0 aliphatic carbocycles. The van der Waals surface area contributed by atoms with Gasteiger partial charge in [-0.2, -0.15) is 0 Å². The third-order valence-electron chi connectivity index (χ3n) is 1.39. The molecule has 0 heteroatoms. The van der Waals surface area contributed by atoms with Crippen LogP contribution < -0.4 is 0 Å². The summed E-state index contributed by atoms with van der Waals surface area (Å²) in [5.41, 5.74) is 1.33. The predicted octanol–water partition coefficient (Wildman–Crippen LogP) is 3.77. The van der Waals surface area contributed by atoms with Crippen molar-refractivity contribution in [1.29, 1.82) is 0 Å². The van der Waals surface area contributed by atoms with Crippen LogP contribution in [0.15, 0.2) is 68.3 Å². The van der Waals surface area contributed by atoms with Crippen molar-refractivity contribution in [3.8, 4) is 0 Å². The molecule has 0 nitrogen and oxygen atoms in total. The lowest BCUT2D eigenvalue weighted by atomic mass is 10.2. The second-order valence-corrected chi connectivity index (χ2v) is 2.45. The van der Waals surface area contributed by atoms with Crippen molar-refractivity contribution in [2.45, 2.75) is 6.42 Å². The zero-order valence-electron chi connectivity index (χ0n) is 7.95. The molecule has 1 aromatic rings. The minimum atomic E-state index is 0.973. The van der Waals surface area contributed by atoms with E-state index in [0.717, 1.165) is 6.42 Å². The molecule has 0 fully saturated rings. The summed E-state index contributed by atoms with van der Waals surface area (Å²) in [6.45, 7) is 10.4. The van der Waals surface area contributed by atoms with Crippen molar-refractivity contribution in [2.75, 3.05) is 0 Å². The van der Waals surface area contributed by atoms with Crippen LogP contribution in [-0.4, -0.2) is 0 Å². The van der Waals surface area contributed by atoms with Crippen LogP contribution in [0, 0.1) is 0 Å². The molecule has 0 aromatic heterocycles. The Morgan fingerprint density at radius 2 is 1.46 bits per heavy atom. The van der Waals surface area contributed by atoms with E-state index in [9.17, 15) is 0 Å². The number of rotatable bonds is 3. The van der Waals surface area contributed by atoms with Crippen LogP contribution in [0.1, 0.15) is 5.56 Å². The van der Waals surface area contributed by atoms with Gasteiger partial charge >= 0.3 is 0 Å². The van der Waals surface area contributed by atoms with Crippen molar-refractivity contribution in [3.63, 3.8) is 0 Å². The minimum Gasteiger partial charge on any atom is -0.103 e. The summed E-state index contributed by atoms with van der Waals surface area (Å²) in [5, 5.41) is 0. The molecule has 0 radical (unpaired) electrons. The Bertz CT molecular complexity index is 238. The van der Waals surface area contributed by atoms with Crippen molar-refractivity contribution < 1.29 is 0 Å². The molecular weight excluding hydrogens is 156 g/mol. The molecule has 0 unspecified atom stereocenters. The van der Waals surface area contributed by atoms with Gasteiger partial charge in [0.05, 0.1) is 0 Å². The summed E-state index contributed by atoms with van der Waals surface area (Å²) in [4.78, 5) is 0. The van der Waals surface area contributed by atoms with E-state index in [1.165, 1.54) is 5.56 Å². The van der Waals surface area contributed by atoms with Gasteiger partial charge in [0.1, 0.15) is 0 Å². The molecule has 1 aromatic carbocycles. The lowest BCUT2D eigenvalue weighted by Crippen LogP contribution is -1.75. The van der Waals surface area contributed by atoms with Crippen molar-refractivity contribution >= 4 is 0 Å². The van der Waals surface area contributed by atoms with E-state index >= 15 is 0 Å². The number of hydrogen-bond acceptors (Lipinski definition) is 0. The molecule has 13 heavy (non-hydrogen) atoms. The summed E-state index contributed by atoms with van der Waals surface area (Å²) in [5.74, 6) is 0.